The number of phenolic OH excluding ortho intramolecular Hbond substituents is 1. The van der Waals surface area contributed by atoms with E-state index >= 15 is 0 Å². The van der Waals surface area contributed by atoms with E-state index in [9.17, 15) is 0 Å². The third kappa shape index (κ3) is 2.89. The summed E-state index contributed by atoms with van der Waals surface area (Å²) in [5.74, 6) is 0.329. The first-order valence-electron chi connectivity index (χ1n) is 2.54. The molecule has 1 N–H and O–H groups in total. The van der Waals surface area contributed by atoms with Gasteiger partial charge in [-0.15, -0.1) is 0 Å². The normalized spacial score (nSPS) is 8.11. The molecule has 1 rings (SSSR count). The molecule has 0 saturated carbocycles. The van der Waals surface area contributed by atoms with Gasteiger partial charge in [0.1, 0.15) is 5.75 Å². The molecule has 0 aliphatic carbocycles. The molecule has 2 heteroatoms. The van der Waals surface area contributed by atoms with Crippen molar-refractivity contribution in [2.45, 2.75) is 6.92 Å². The first kappa shape index (κ1) is 9.02. The van der Waals surface area contributed by atoms with E-state index in [1.54, 1.807) is 12.1 Å². The molecular weight excluding hydrogens is 123 g/mol. The second-order valence-electron chi connectivity index (χ2n) is 1.84. The van der Waals surface area contributed by atoms with Gasteiger partial charge in [-0.2, -0.15) is 0 Å². The van der Waals surface area contributed by atoms with E-state index in [1.807, 2.05) is 19.1 Å². The van der Waals surface area contributed by atoms with E-state index in [0.29, 0.717) is 5.75 Å². The number of hydrogen-bond acceptors (Lipinski definition) is 1. The molecule has 43 valence electrons. The van der Waals surface area contributed by atoms with Gasteiger partial charge in [0, 0.05) is 29.6 Å². The summed E-state index contributed by atoms with van der Waals surface area (Å²) in [6.45, 7) is 1.99. The zero-order valence-corrected chi connectivity index (χ0v) is 7.76. The topological polar surface area (TPSA) is 20.2 Å². The van der Waals surface area contributed by atoms with Crippen LogP contribution >= 0.6 is 0 Å². The number of benzene rings is 1. The van der Waals surface area contributed by atoms with Crippen LogP contribution in [-0.2, 0) is 0 Å². The van der Waals surface area contributed by atoms with Crippen LogP contribution in [0.3, 0.4) is 0 Å². The fourth-order valence-corrected chi connectivity index (χ4v) is 0.545. The van der Waals surface area contributed by atoms with E-state index < -0.39 is 0 Å². The fraction of sp³-hybridized carbons (Fsp3) is 0.143. The standard InChI is InChI=1S/C7H8O.Na/c1-6-2-4-7(8)5-3-6;/h2-5,8H,1H3;. The molecule has 0 heterocycles. The Morgan fingerprint density at radius 2 is 1.56 bits per heavy atom. The third-order valence-corrected chi connectivity index (χ3v) is 1.03. The zero-order chi connectivity index (χ0) is 5.98. The van der Waals surface area contributed by atoms with Gasteiger partial charge in [0.05, 0.1) is 0 Å². The van der Waals surface area contributed by atoms with E-state index in [1.165, 1.54) is 5.56 Å². The number of aromatic hydroxyl groups is 1. The Hall–Kier alpha value is 0.0200. The summed E-state index contributed by atoms with van der Waals surface area (Å²) in [6.07, 6.45) is 0. The van der Waals surface area contributed by atoms with Crippen molar-refractivity contribution < 1.29 is 5.11 Å². The number of rotatable bonds is 0. The molecule has 1 radical (unpaired) electrons. The minimum Gasteiger partial charge on any atom is -0.508 e. The summed E-state index contributed by atoms with van der Waals surface area (Å²) in [4.78, 5) is 0. The first-order valence-corrected chi connectivity index (χ1v) is 2.54. The maximum Gasteiger partial charge on any atom is 0.115 e. The molecule has 9 heavy (non-hydrogen) atoms. The monoisotopic (exact) mass is 131 g/mol. The van der Waals surface area contributed by atoms with Crippen LogP contribution in [0, 0.1) is 6.92 Å². The smallest absolute Gasteiger partial charge is 0.115 e. The quantitative estimate of drug-likeness (QED) is 0.526. The van der Waals surface area contributed by atoms with Gasteiger partial charge in [-0.05, 0) is 19.1 Å². The molecule has 1 nitrogen and oxygen atoms in total. The molecule has 0 aromatic heterocycles. The van der Waals surface area contributed by atoms with E-state index in [0.717, 1.165) is 0 Å². The SMILES string of the molecule is Cc1ccc(O)cc1.[Na]. The zero-order valence-electron chi connectivity index (χ0n) is 5.76. The molecule has 0 amide bonds. The van der Waals surface area contributed by atoms with Crippen molar-refractivity contribution in [2.75, 3.05) is 0 Å². The minimum absolute atomic E-state index is 0. The van der Waals surface area contributed by atoms with Crippen molar-refractivity contribution in [3.05, 3.63) is 29.8 Å². The molecule has 0 atom stereocenters. The predicted molar refractivity (Wildman–Crippen MR) is 38.6 cm³/mol. The van der Waals surface area contributed by atoms with Crippen molar-refractivity contribution in [1.82, 2.24) is 0 Å². The first-order chi connectivity index (χ1) is 3.79. The predicted octanol–water partition coefficient (Wildman–Crippen LogP) is 1.32. The Labute approximate surface area is 77.0 Å². The number of phenols is 1. The van der Waals surface area contributed by atoms with Gasteiger partial charge in [-0.1, -0.05) is 17.7 Å². The summed E-state index contributed by atoms with van der Waals surface area (Å²) >= 11 is 0. The van der Waals surface area contributed by atoms with E-state index in [-0.39, 0.29) is 29.6 Å². The summed E-state index contributed by atoms with van der Waals surface area (Å²) in [5, 5.41) is 8.76. The average molecular weight is 131 g/mol. The van der Waals surface area contributed by atoms with Crippen LogP contribution in [0.2, 0.25) is 0 Å². The Morgan fingerprint density at radius 3 is 1.89 bits per heavy atom. The minimum atomic E-state index is 0. The van der Waals surface area contributed by atoms with Crippen LogP contribution in [0.15, 0.2) is 24.3 Å². The number of hydrogen-bond donors (Lipinski definition) is 1. The van der Waals surface area contributed by atoms with Crippen LogP contribution < -0.4 is 0 Å². The molecule has 0 fully saturated rings. The van der Waals surface area contributed by atoms with Crippen LogP contribution in [0.4, 0.5) is 0 Å². The maximum absolute atomic E-state index is 8.76. The molecule has 0 aliphatic heterocycles. The molecule has 0 unspecified atom stereocenters. The van der Waals surface area contributed by atoms with Crippen molar-refractivity contribution in [3.8, 4) is 5.75 Å². The van der Waals surface area contributed by atoms with Crippen LogP contribution in [0.1, 0.15) is 5.56 Å². The van der Waals surface area contributed by atoms with E-state index in [2.05, 4.69) is 0 Å². The van der Waals surface area contributed by atoms with Gasteiger partial charge in [-0.3, -0.25) is 0 Å². The Morgan fingerprint density at radius 1 is 1.11 bits per heavy atom. The average Bonchev–Trinajstić information content (AvgIpc) is 1.77. The summed E-state index contributed by atoms with van der Waals surface area (Å²) in [7, 11) is 0. The second-order valence-corrected chi connectivity index (χ2v) is 1.84. The Kier molecular flexibility index (Phi) is 3.95. The van der Waals surface area contributed by atoms with Crippen molar-refractivity contribution in [2.24, 2.45) is 0 Å². The molecule has 0 bridgehead atoms. The van der Waals surface area contributed by atoms with Crippen molar-refractivity contribution in [1.29, 1.82) is 0 Å². The summed E-state index contributed by atoms with van der Waals surface area (Å²) < 4.78 is 0. The van der Waals surface area contributed by atoms with Crippen molar-refractivity contribution >= 4 is 29.6 Å². The van der Waals surface area contributed by atoms with Crippen molar-refractivity contribution in [3.63, 3.8) is 0 Å². The summed E-state index contributed by atoms with van der Waals surface area (Å²) in [6, 6.07) is 7.09. The van der Waals surface area contributed by atoms with Crippen LogP contribution in [0.25, 0.3) is 0 Å². The number of aryl methyl sites for hydroxylation is 1. The van der Waals surface area contributed by atoms with Gasteiger partial charge in [0.2, 0.25) is 0 Å². The van der Waals surface area contributed by atoms with Gasteiger partial charge >= 0.3 is 0 Å². The second kappa shape index (κ2) is 3.94. The maximum atomic E-state index is 8.76. The molecule has 0 spiro atoms. The molecule has 1 aromatic rings. The Bertz CT molecular complexity index is 148. The Balaban J connectivity index is 0.000000640. The van der Waals surface area contributed by atoms with Crippen LogP contribution in [-0.4, -0.2) is 34.7 Å². The third-order valence-electron chi connectivity index (χ3n) is 1.03. The molecule has 1 aromatic carbocycles. The molecular formula is C7H8NaO. The largest absolute Gasteiger partial charge is 0.508 e. The van der Waals surface area contributed by atoms with Crippen LogP contribution in [0.5, 0.6) is 5.75 Å². The van der Waals surface area contributed by atoms with Gasteiger partial charge in [-0.25, -0.2) is 0 Å². The fourth-order valence-electron chi connectivity index (χ4n) is 0.545. The van der Waals surface area contributed by atoms with Gasteiger partial charge in [0.15, 0.2) is 0 Å². The van der Waals surface area contributed by atoms with Gasteiger partial charge < -0.3 is 5.11 Å². The molecule has 0 saturated heterocycles. The summed E-state index contributed by atoms with van der Waals surface area (Å²) in [5.41, 5.74) is 1.17. The molecule has 0 aliphatic rings. The van der Waals surface area contributed by atoms with Gasteiger partial charge in [0.25, 0.3) is 0 Å². The van der Waals surface area contributed by atoms with E-state index in [4.69, 9.17) is 5.11 Å².